The highest BCUT2D eigenvalue weighted by Crippen LogP contribution is 2.33. The number of benzene rings is 1. The lowest BCUT2D eigenvalue weighted by Crippen LogP contribution is -2.55. The number of anilines is 1. The summed E-state index contributed by atoms with van der Waals surface area (Å²) in [6, 6.07) is 8.22. The van der Waals surface area contributed by atoms with Crippen molar-refractivity contribution in [3.8, 4) is 0 Å². The van der Waals surface area contributed by atoms with E-state index in [0.717, 1.165) is 55.6 Å². The number of rotatable bonds is 2. The maximum atomic E-state index is 12.5. The highest BCUT2D eigenvalue weighted by atomic mass is 32.1. The number of carbonyl (C=O) groups is 1. The van der Waals surface area contributed by atoms with Crippen molar-refractivity contribution in [2.45, 2.75) is 19.8 Å². The number of carbonyl (C=O) groups excluding carboxylic acids is 1. The van der Waals surface area contributed by atoms with Gasteiger partial charge in [0, 0.05) is 26.2 Å². The predicted molar refractivity (Wildman–Crippen MR) is 90.3 cm³/mol. The Morgan fingerprint density at radius 1 is 1.23 bits per heavy atom. The van der Waals surface area contributed by atoms with Crippen LogP contribution in [0, 0.1) is 11.8 Å². The van der Waals surface area contributed by atoms with E-state index in [9.17, 15) is 4.79 Å². The lowest BCUT2D eigenvalue weighted by Gasteiger charge is -2.41. The van der Waals surface area contributed by atoms with Crippen LogP contribution in [0.25, 0.3) is 10.2 Å². The van der Waals surface area contributed by atoms with Crippen molar-refractivity contribution in [2.75, 3.05) is 31.1 Å². The number of nitrogens with zero attached hydrogens (tertiary/aromatic N) is 3. The van der Waals surface area contributed by atoms with Crippen molar-refractivity contribution >= 4 is 32.6 Å². The predicted octanol–water partition coefficient (Wildman–Crippen LogP) is 2.99. The van der Waals surface area contributed by atoms with Gasteiger partial charge in [0.25, 0.3) is 0 Å². The third-order valence-electron chi connectivity index (χ3n) is 4.88. The quantitative estimate of drug-likeness (QED) is 0.855. The van der Waals surface area contributed by atoms with Gasteiger partial charge in [-0.2, -0.15) is 0 Å². The summed E-state index contributed by atoms with van der Waals surface area (Å²) in [5.74, 6) is 1.29. The van der Waals surface area contributed by atoms with E-state index >= 15 is 0 Å². The average Bonchev–Trinajstić information content (AvgIpc) is 2.89. The Balaban J connectivity index is 1.38. The monoisotopic (exact) mass is 315 g/mol. The zero-order chi connectivity index (χ0) is 15.1. The molecule has 2 saturated heterocycles. The maximum Gasteiger partial charge on any atom is 0.229 e. The second-order valence-electron chi connectivity index (χ2n) is 6.57. The Kier molecular flexibility index (Phi) is 3.53. The zero-order valence-corrected chi connectivity index (χ0v) is 13.7. The van der Waals surface area contributed by atoms with Crippen molar-refractivity contribution in [2.24, 2.45) is 11.8 Å². The highest BCUT2D eigenvalue weighted by Gasteiger charge is 2.37. The summed E-state index contributed by atoms with van der Waals surface area (Å²) < 4.78 is 1.22. The topological polar surface area (TPSA) is 36.4 Å². The molecule has 116 valence electrons. The number of hydrogen-bond acceptors (Lipinski definition) is 4. The number of piperidine rings is 1. The van der Waals surface area contributed by atoms with Gasteiger partial charge in [-0.15, -0.1) is 0 Å². The summed E-state index contributed by atoms with van der Waals surface area (Å²) in [5.41, 5.74) is 1.06. The van der Waals surface area contributed by atoms with E-state index < -0.39 is 0 Å². The van der Waals surface area contributed by atoms with E-state index in [2.05, 4.69) is 27.8 Å². The van der Waals surface area contributed by atoms with E-state index in [1.807, 2.05) is 18.2 Å². The summed E-state index contributed by atoms with van der Waals surface area (Å²) in [7, 11) is 0. The molecule has 5 heteroatoms. The van der Waals surface area contributed by atoms with Crippen LogP contribution in [0.15, 0.2) is 24.3 Å². The molecule has 1 aromatic heterocycles. The average molecular weight is 315 g/mol. The van der Waals surface area contributed by atoms with Gasteiger partial charge in [0.15, 0.2) is 5.13 Å². The molecule has 2 aliphatic rings. The molecule has 3 heterocycles. The summed E-state index contributed by atoms with van der Waals surface area (Å²) in [6.45, 7) is 5.81. The first-order valence-corrected chi connectivity index (χ1v) is 8.91. The van der Waals surface area contributed by atoms with Crippen LogP contribution in [0.5, 0.6) is 0 Å². The Hall–Kier alpha value is -1.62. The van der Waals surface area contributed by atoms with Gasteiger partial charge in [0.1, 0.15) is 0 Å². The molecule has 0 bridgehead atoms. The smallest absolute Gasteiger partial charge is 0.229 e. The Labute approximate surface area is 134 Å². The first kappa shape index (κ1) is 14.0. The number of aromatic nitrogens is 1. The van der Waals surface area contributed by atoms with Gasteiger partial charge in [-0.05, 0) is 30.9 Å². The molecule has 1 aromatic carbocycles. The molecule has 0 spiro atoms. The Morgan fingerprint density at radius 3 is 2.68 bits per heavy atom. The largest absolute Gasteiger partial charge is 0.346 e. The molecule has 2 fully saturated rings. The highest BCUT2D eigenvalue weighted by molar-refractivity contribution is 7.22. The third-order valence-corrected chi connectivity index (χ3v) is 5.98. The molecule has 4 rings (SSSR count). The number of likely N-dealkylation sites (tertiary alicyclic amines) is 1. The molecule has 0 atom stereocenters. The second kappa shape index (κ2) is 5.54. The minimum atomic E-state index is 0.167. The van der Waals surface area contributed by atoms with Gasteiger partial charge in [0.05, 0.1) is 16.1 Å². The summed E-state index contributed by atoms with van der Waals surface area (Å²) in [6.07, 6.45) is 2.31. The fourth-order valence-electron chi connectivity index (χ4n) is 3.27. The molecular weight excluding hydrogens is 294 g/mol. The van der Waals surface area contributed by atoms with Gasteiger partial charge >= 0.3 is 0 Å². The van der Waals surface area contributed by atoms with Crippen LogP contribution in [0.2, 0.25) is 0 Å². The molecule has 0 saturated carbocycles. The summed E-state index contributed by atoms with van der Waals surface area (Å²) in [4.78, 5) is 21.5. The van der Waals surface area contributed by atoms with Gasteiger partial charge in [-0.1, -0.05) is 30.4 Å². The summed E-state index contributed by atoms with van der Waals surface area (Å²) in [5, 5.41) is 1.05. The van der Waals surface area contributed by atoms with Crippen molar-refractivity contribution < 1.29 is 4.79 Å². The molecule has 0 radical (unpaired) electrons. The van der Waals surface area contributed by atoms with Crippen LogP contribution in [0.1, 0.15) is 19.8 Å². The van der Waals surface area contributed by atoms with E-state index in [0.29, 0.717) is 5.91 Å². The van der Waals surface area contributed by atoms with Crippen molar-refractivity contribution in [1.29, 1.82) is 0 Å². The summed E-state index contributed by atoms with van der Waals surface area (Å²) >= 11 is 1.72. The van der Waals surface area contributed by atoms with E-state index in [4.69, 9.17) is 0 Å². The standard InChI is InChI=1S/C17H21N3OS/c1-12-6-8-19(9-7-12)16(21)13-10-20(11-13)17-18-14-4-2-3-5-15(14)22-17/h2-5,12-13H,6-11H2,1H3. The lowest BCUT2D eigenvalue weighted by molar-refractivity contribution is -0.137. The van der Waals surface area contributed by atoms with Gasteiger partial charge in [-0.3, -0.25) is 4.79 Å². The van der Waals surface area contributed by atoms with Crippen molar-refractivity contribution in [3.63, 3.8) is 0 Å². The number of thiazole rings is 1. The molecule has 2 aliphatic heterocycles. The number of fused-ring (bicyclic) bond motifs is 1. The first-order chi connectivity index (χ1) is 10.7. The molecule has 4 nitrogen and oxygen atoms in total. The van der Waals surface area contributed by atoms with Gasteiger partial charge in [-0.25, -0.2) is 4.98 Å². The van der Waals surface area contributed by atoms with Crippen LogP contribution in [-0.2, 0) is 4.79 Å². The zero-order valence-electron chi connectivity index (χ0n) is 12.9. The van der Waals surface area contributed by atoms with Crippen LogP contribution < -0.4 is 4.90 Å². The molecule has 22 heavy (non-hydrogen) atoms. The Morgan fingerprint density at radius 2 is 1.95 bits per heavy atom. The fraction of sp³-hybridized carbons (Fsp3) is 0.529. The SMILES string of the molecule is CC1CCN(C(=O)C2CN(c3nc4ccccc4s3)C2)CC1. The molecule has 1 amide bonds. The number of para-hydroxylation sites is 1. The third kappa shape index (κ3) is 2.47. The van der Waals surface area contributed by atoms with Gasteiger partial charge in [0.2, 0.25) is 5.91 Å². The van der Waals surface area contributed by atoms with Crippen LogP contribution in [0.4, 0.5) is 5.13 Å². The van der Waals surface area contributed by atoms with Crippen molar-refractivity contribution in [3.05, 3.63) is 24.3 Å². The number of hydrogen-bond donors (Lipinski definition) is 0. The van der Waals surface area contributed by atoms with Crippen LogP contribution in [-0.4, -0.2) is 42.0 Å². The molecule has 0 aliphatic carbocycles. The van der Waals surface area contributed by atoms with E-state index in [-0.39, 0.29) is 5.92 Å². The lowest BCUT2D eigenvalue weighted by atomic mass is 9.95. The maximum absolute atomic E-state index is 12.5. The Bertz CT molecular complexity index is 651. The minimum absolute atomic E-state index is 0.167. The molecular formula is C17H21N3OS. The first-order valence-electron chi connectivity index (χ1n) is 8.10. The second-order valence-corrected chi connectivity index (χ2v) is 7.58. The fourth-order valence-corrected chi connectivity index (χ4v) is 4.26. The van der Waals surface area contributed by atoms with Crippen LogP contribution >= 0.6 is 11.3 Å². The number of amides is 1. The van der Waals surface area contributed by atoms with Crippen molar-refractivity contribution in [1.82, 2.24) is 9.88 Å². The molecule has 0 N–H and O–H groups in total. The van der Waals surface area contributed by atoms with Crippen LogP contribution in [0.3, 0.4) is 0 Å². The normalized spacial score (nSPS) is 20.4. The molecule has 2 aromatic rings. The van der Waals surface area contributed by atoms with E-state index in [1.165, 1.54) is 4.70 Å². The van der Waals surface area contributed by atoms with Gasteiger partial charge < -0.3 is 9.80 Å². The molecule has 0 unspecified atom stereocenters. The minimum Gasteiger partial charge on any atom is -0.346 e. The van der Waals surface area contributed by atoms with E-state index in [1.54, 1.807) is 11.3 Å².